The number of nitrogens with zero attached hydrogens (tertiary/aromatic N) is 3. The van der Waals surface area contributed by atoms with Gasteiger partial charge in [0.25, 0.3) is 5.92 Å². The van der Waals surface area contributed by atoms with Crippen molar-refractivity contribution in [3.05, 3.63) is 53.0 Å². The van der Waals surface area contributed by atoms with Gasteiger partial charge in [-0.3, -0.25) is 4.21 Å². The molecule has 1 unspecified atom stereocenters. The molecule has 6 nitrogen and oxygen atoms in total. The van der Waals surface area contributed by atoms with E-state index in [-0.39, 0.29) is 5.75 Å². The number of hydrogen-bond acceptors (Lipinski definition) is 6. The Labute approximate surface area is 190 Å². The van der Waals surface area contributed by atoms with Crippen LogP contribution in [0.4, 0.5) is 14.5 Å². The number of nitrogens with one attached hydrogen (secondary N) is 1. The number of anilines is 1. The van der Waals surface area contributed by atoms with Crippen LogP contribution < -0.4 is 5.32 Å². The van der Waals surface area contributed by atoms with E-state index >= 15 is 0 Å². The summed E-state index contributed by atoms with van der Waals surface area (Å²) < 4.78 is 41.0. The number of alkyl halides is 2. The Morgan fingerprint density at radius 1 is 1.22 bits per heavy atom. The number of hydrogen-bond donors (Lipinski definition) is 2. The summed E-state index contributed by atoms with van der Waals surface area (Å²) in [5.41, 5.74) is 2.80. The zero-order valence-electron chi connectivity index (χ0n) is 17.7. The molecule has 2 aromatic carbocycles. The predicted octanol–water partition coefficient (Wildman–Crippen LogP) is 5.18. The zero-order chi connectivity index (χ0) is 23.0. The third-order valence-electron chi connectivity index (χ3n) is 5.02. The molecule has 0 aliphatic rings. The largest absolute Gasteiger partial charge is 0.506 e. The van der Waals surface area contributed by atoms with E-state index < -0.39 is 23.3 Å². The molecule has 0 bridgehead atoms. The van der Waals surface area contributed by atoms with Crippen molar-refractivity contribution >= 4 is 38.7 Å². The minimum absolute atomic E-state index is 0.0109. The Morgan fingerprint density at radius 2 is 2.00 bits per heavy atom. The van der Waals surface area contributed by atoms with Gasteiger partial charge in [-0.25, -0.2) is 8.78 Å². The highest BCUT2D eigenvalue weighted by Crippen LogP contribution is 2.34. The van der Waals surface area contributed by atoms with Crippen molar-refractivity contribution in [2.24, 2.45) is 0 Å². The molecule has 4 rings (SSSR count). The SMILES string of the molecule is Cc1cccc2c1cc(-c1nnc(CNc3ccc(S(C)=O)cc3O)s1)n2CC(C)(F)F. The summed E-state index contributed by atoms with van der Waals surface area (Å²) in [5, 5.41) is 23.7. The number of aromatic hydroxyl groups is 1. The van der Waals surface area contributed by atoms with Crippen LogP contribution in [0.25, 0.3) is 21.6 Å². The van der Waals surface area contributed by atoms with Crippen LogP contribution >= 0.6 is 11.3 Å². The van der Waals surface area contributed by atoms with Gasteiger partial charge in [0, 0.05) is 39.8 Å². The molecule has 2 heterocycles. The summed E-state index contributed by atoms with van der Waals surface area (Å²) in [7, 11) is -1.19. The average Bonchev–Trinajstić information content (AvgIpc) is 3.31. The minimum Gasteiger partial charge on any atom is -0.506 e. The smallest absolute Gasteiger partial charge is 0.262 e. The molecule has 0 saturated heterocycles. The third-order valence-corrected chi connectivity index (χ3v) is 6.88. The molecular formula is C22H22F2N4O2S2. The molecule has 32 heavy (non-hydrogen) atoms. The molecule has 10 heteroatoms. The average molecular weight is 477 g/mol. The van der Waals surface area contributed by atoms with Crippen LogP contribution in [0.15, 0.2) is 47.4 Å². The molecule has 1 atom stereocenters. The third kappa shape index (κ3) is 4.66. The normalized spacial score (nSPS) is 12.9. The Bertz CT molecular complexity index is 1310. The molecule has 0 saturated carbocycles. The van der Waals surface area contributed by atoms with Crippen molar-refractivity contribution in [1.29, 1.82) is 0 Å². The Hall–Kier alpha value is -2.85. The fourth-order valence-electron chi connectivity index (χ4n) is 3.50. The fraction of sp³-hybridized carbons (Fsp3) is 0.273. The van der Waals surface area contributed by atoms with Crippen molar-refractivity contribution in [2.45, 2.75) is 37.8 Å². The Morgan fingerprint density at radius 3 is 2.69 bits per heavy atom. The van der Waals surface area contributed by atoms with Gasteiger partial charge in [0.1, 0.15) is 10.8 Å². The maximum Gasteiger partial charge on any atom is 0.262 e. The number of phenols is 1. The topological polar surface area (TPSA) is 80.0 Å². The highest BCUT2D eigenvalue weighted by molar-refractivity contribution is 7.84. The fourth-order valence-corrected chi connectivity index (χ4v) is 4.84. The quantitative estimate of drug-likeness (QED) is 0.360. The maximum absolute atomic E-state index is 13.9. The second-order valence-corrected chi connectivity index (χ2v) is 10.1. The second kappa shape index (κ2) is 8.59. The van der Waals surface area contributed by atoms with Crippen LogP contribution in [0.2, 0.25) is 0 Å². The lowest BCUT2D eigenvalue weighted by Crippen LogP contribution is -2.19. The number of rotatable bonds is 7. The molecule has 0 fully saturated rings. The van der Waals surface area contributed by atoms with Crippen molar-refractivity contribution < 1.29 is 18.1 Å². The van der Waals surface area contributed by atoms with Crippen LogP contribution in [0, 0.1) is 6.92 Å². The van der Waals surface area contributed by atoms with E-state index in [0.29, 0.717) is 32.8 Å². The van der Waals surface area contributed by atoms with E-state index in [9.17, 15) is 18.1 Å². The number of aromatic nitrogens is 3. The van der Waals surface area contributed by atoms with Gasteiger partial charge < -0.3 is 15.0 Å². The molecular weight excluding hydrogens is 454 g/mol. The van der Waals surface area contributed by atoms with Crippen molar-refractivity contribution in [1.82, 2.24) is 14.8 Å². The van der Waals surface area contributed by atoms with E-state index in [0.717, 1.165) is 23.4 Å². The van der Waals surface area contributed by atoms with Gasteiger partial charge in [-0.2, -0.15) is 0 Å². The molecule has 0 aliphatic heterocycles. The molecule has 0 spiro atoms. The molecule has 0 aliphatic carbocycles. The zero-order valence-corrected chi connectivity index (χ0v) is 19.4. The second-order valence-electron chi connectivity index (χ2n) is 7.68. The number of phenolic OH excluding ortho intramolecular Hbond substituents is 1. The summed E-state index contributed by atoms with van der Waals surface area (Å²) in [6.07, 6.45) is 1.54. The molecule has 0 amide bonds. The van der Waals surface area contributed by atoms with Crippen LogP contribution in [-0.4, -0.2) is 36.3 Å². The monoisotopic (exact) mass is 476 g/mol. The summed E-state index contributed by atoms with van der Waals surface area (Å²) >= 11 is 1.30. The number of fused-ring (bicyclic) bond motifs is 1. The molecule has 2 N–H and O–H groups in total. The van der Waals surface area contributed by atoms with E-state index in [1.165, 1.54) is 17.4 Å². The summed E-state index contributed by atoms with van der Waals surface area (Å²) in [6, 6.07) is 12.3. The Kier molecular flexibility index (Phi) is 6.00. The van der Waals surface area contributed by atoms with Gasteiger partial charge in [-0.05, 0) is 42.8 Å². The number of aryl methyl sites for hydroxylation is 1. The first-order chi connectivity index (χ1) is 15.1. The molecule has 168 valence electrons. The van der Waals surface area contributed by atoms with Crippen molar-refractivity contribution in [3.63, 3.8) is 0 Å². The van der Waals surface area contributed by atoms with E-state index in [1.807, 2.05) is 31.2 Å². The molecule has 0 radical (unpaired) electrons. The van der Waals surface area contributed by atoms with Gasteiger partial charge in [-0.1, -0.05) is 23.5 Å². The predicted molar refractivity (Wildman–Crippen MR) is 124 cm³/mol. The Balaban J connectivity index is 1.62. The highest BCUT2D eigenvalue weighted by atomic mass is 32.2. The van der Waals surface area contributed by atoms with E-state index in [2.05, 4.69) is 15.5 Å². The highest BCUT2D eigenvalue weighted by Gasteiger charge is 2.26. The number of benzene rings is 2. The summed E-state index contributed by atoms with van der Waals surface area (Å²) in [5.74, 6) is -2.89. The van der Waals surface area contributed by atoms with Crippen LogP contribution in [0.3, 0.4) is 0 Å². The lowest BCUT2D eigenvalue weighted by molar-refractivity contribution is 0.00549. The maximum atomic E-state index is 13.9. The summed E-state index contributed by atoms with van der Waals surface area (Å²) in [6.45, 7) is 2.69. The molecule has 4 aromatic rings. The first-order valence-corrected chi connectivity index (χ1v) is 12.2. The van der Waals surface area contributed by atoms with Crippen molar-refractivity contribution in [2.75, 3.05) is 11.6 Å². The standard InChI is InChI=1S/C22H22F2N4O2S2/c1-13-5-4-6-17-15(13)10-18(28(17)12-22(2,23)24)21-27-26-20(31-21)11-25-16-8-7-14(32(3)30)9-19(16)29/h4-10,25,29H,11-12H2,1-3H3. The van der Waals surface area contributed by atoms with Crippen molar-refractivity contribution in [3.8, 4) is 16.5 Å². The lowest BCUT2D eigenvalue weighted by atomic mass is 10.1. The minimum atomic E-state index is -2.88. The van der Waals surface area contributed by atoms with Gasteiger partial charge in [0.05, 0.1) is 24.5 Å². The van der Waals surface area contributed by atoms with E-state index in [1.54, 1.807) is 23.0 Å². The van der Waals surface area contributed by atoms with Gasteiger partial charge >= 0.3 is 0 Å². The molecule has 2 aromatic heterocycles. The first kappa shape index (κ1) is 22.3. The first-order valence-electron chi connectivity index (χ1n) is 9.82. The van der Waals surface area contributed by atoms with Crippen LogP contribution in [-0.2, 0) is 23.9 Å². The van der Waals surface area contributed by atoms with Crippen LogP contribution in [0.5, 0.6) is 5.75 Å². The lowest BCUT2D eigenvalue weighted by Gasteiger charge is -2.15. The van der Waals surface area contributed by atoms with Gasteiger partial charge in [0.15, 0.2) is 5.01 Å². The van der Waals surface area contributed by atoms with E-state index in [4.69, 9.17) is 0 Å². The van der Waals surface area contributed by atoms with Gasteiger partial charge in [0.2, 0.25) is 0 Å². The number of halogens is 2. The summed E-state index contributed by atoms with van der Waals surface area (Å²) in [4.78, 5) is 0.530. The van der Waals surface area contributed by atoms with Gasteiger partial charge in [-0.15, -0.1) is 10.2 Å². The van der Waals surface area contributed by atoms with Crippen LogP contribution in [0.1, 0.15) is 17.5 Å².